The number of rotatable bonds is 4. The van der Waals surface area contributed by atoms with E-state index in [1.54, 1.807) is 23.8 Å². The van der Waals surface area contributed by atoms with Crippen LogP contribution in [0.25, 0.3) is 16.9 Å². The van der Waals surface area contributed by atoms with Crippen LogP contribution in [0.5, 0.6) is 0 Å². The van der Waals surface area contributed by atoms with E-state index >= 15 is 0 Å². The van der Waals surface area contributed by atoms with Gasteiger partial charge in [-0.1, -0.05) is 17.3 Å². The Hall–Kier alpha value is -3.55. The zero-order valence-corrected chi connectivity index (χ0v) is 15.5. The first-order valence-electron chi connectivity index (χ1n) is 9.14. The van der Waals surface area contributed by atoms with E-state index in [1.165, 1.54) is 12.8 Å². The molecule has 3 aromatic heterocycles. The molecule has 1 aliphatic rings. The maximum Gasteiger partial charge on any atom is 0.259 e. The first-order chi connectivity index (χ1) is 13.6. The lowest BCUT2D eigenvalue weighted by Gasteiger charge is -2.09. The van der Waals surface area contributed by atoms with Gasteiger partial charge in [0.1, 0.15) is 0 Å². The van der Waals surface area contributed by atoms with Crippen molar-refractivity contribution in [2.75, 3.05) is 5.32 Å². The summed E-state index contributed by atoms with van der Waals surface area (Å²) in [6, 6.07) is 5.65. The van der Waals surface area contributed by atoms with Crippen molar-refractivity contribution in [1.82, 2.24) is 24.7 Å². The maximum absolute atomic E-state index is 12.9. The Balaban J connectivity index is 1.44. The number of nitrogens with zero attached hydrogens (tertiary/aromatic N) is 5. The van der Waals surface area contributed by atoms with Crippen LogP contribution in [-0.4, -0.2) is 30.6 Å². The van der Waals surface area contributed by atoms with Gasteiger partial charge in [-0.3, -0.25) is 9.78 Å². The number of aryl methyl sites for hydroxylation is 2. The quantitative estimate of drug-likeness (QED) is 0.587. The molecule has 0 radical (unpaired) electrons. The van der Waals surface area contributed by atoms with Gasteiger partial charge in [-0.25, -0.2) is 4.52 Å². The average Bonchev–Trinajstić information content (AvgIpc) is 3.31. The van der Waals surface area contributed by atoms with Crippen molar-refractivity contribution in [3.8, 4) is 11.4 Å². The topological polar surface area (TPSA) is 98.2 Å². The van der Waals surface area contributed by atoms with Crippen LogP contribution in [0, 0.1) is 13.8 Å². The summed E-state index contributed by atoms with van der Waals surface area (Å²) in [4.78, 5) is 21.6. The number of carbonyl (C=O) groups excluding carboxylic acids is 1. The molecule has 0 saturated heterocycles. The molecule has 1 fully saturated rings. The van der Waals surface area contributed by atoms with Gasteiger partial charge in [0.25, 0.3) is 5.91 Å². The van der Waals surface area contributed by atoms with Crippen LogP contribution in [0.3, 0.4) is 0 Å². The minimum Gasteiger partial charge on any atom is -0.339 e. The van der Waals surface area contributed by atoms with Gasteiger partial charge in [-0.2, -0.15) is 10.1 Å². The lowest BCUT2D eigenvalue weighted by molar-refractivity contribution is 0.102. The van der Waals surface area contributed by atoms with E-state index in [-0.39, 0.29) is 5.91 Å². The molecule has 4 aromatic rings. The second-order valence-electron chi connectivity index (χ2n) is 7.10. The maximum atomic E-state index is 12.9. The van der Waals surface area contributed by atoms with Crippen molar-refractivity contribution < 1.29 is 9.32 Å². The van der Waals surface area contributed by atoms with Gasteiger partial charge in [0.2, 0.25) is 11.7 Å². The number of nitrogens with one attached hydrogen (secondary N) is 1. The van der Waals surface area contributed by atoms with Gasteiger partial charge >= 0.3 is 0 Å². The number of carbonyl (C=O) groups is 1. The fourth-order valence-electron chi connectivity index (χ4n) is 3.16. The summed E-state index contributed by atoms with van der Waals surface area (Å²) in [5.74, 6) is 1.27. The molecular formula is C20H18N6O2. The summed E-state index contributed by atoms with van der Waals surface area (Å²) < 4.78 is 6.76. The standard InChI is InChI=1S/C20H18N6O2/c1-11-3-4-14(19-23-12(2)28-25-19)7-16(11)24-20(27)15-8-22-26-10-17(13-5-6-13)21-9-18(15)26/h3-4,7-10,13H,5-6H2,1-2H3,(H,24,27). The zero-order chi connectivity index (χ0) is 19.3. The van der Waals surface area contributed by atoms with Gasteiger partial charge < -0.3 is 9.84 Å². The van der Waals surface area contributed by atoms with Crippen molar-refractivity contribution in [3.05, 3.63) is 59.5 Å². The molecule has 0 aliphatic heterocycles. The van der Waals surface area contributed by atoms with Gasteiger partial charge in [-0.15, -0.1) is 0 Å². The number of hydrogen-bond donors (Lipinski definition) is 1. The second kappa shape index (κ2) is 6.26. The smallest absolute Gasteiger partial charge is 0.259 e. The lowest BCUT2D eigenvalue weighted by atomic mass is 10.1. The Kier molecular flexibility index (Phi) is 3.71. The molecule has 8 nitrogen and oxygen atoms in total. The van der Waals surface area contributed by atoms with E-state index in [0.29, 0.717) is 34.4 Å². The third-order valence-corrected chi connectivity index (χ3v) is 4.94. The average molecular weight is 374 g/mol. The second-order valence-corrected chi connectivity index (χ2v) is 7.10. The Morgan fingerprint density at radius 2 is 2.11 bits per heavy atom. The van der Waals surface area contributed by atoms with E-state index in [0.717, 1.165) is 16.8 Å². The Morgan fingerprint density at radius 3 is 2.86 bits per heavy atom. The molecule has 1 aromatic carbocycles. The predicted molar refractivity (Wildman–Crippen MR) is 102 cm³/mol. The molecular weight excluding hydrogens is 356 g/mol. The molecule has 0 bridgehead atoms. The number of fused-ring (bicyclic) bond motifs is 1. The number of benzene rings is 1. The molecule has 0 spiro atoms. The molecule has 1 N–H and O–H groups in total. The Labute approximate surface area is 160 Å². The molecule has 0 atom stereocenters. The number of anilines is 1. The first-order valence-corrected chi connectivity index (χ1v) is 9.14. The predicted octanol–water partition coefficient (Wildman–Crippen LogP) is 3.53. The summed E-state index contributed by atoms with van der Waals surface area (Å²) in [5.41, 5.74) is 4.59. The number of amides is 1. The molecule has 1 saturated carbocycles. The summed E-state index contributed by atoms with van der Waals surface area (Å²) >= 11 is 0. The van der Waals surface area contributed by atoms with Crippen molar-refractivity contribution in [3.63, 3.8) is 0 Å². The monoisotopic (exact) mass is 374 g/mol. The fraction of sp³-hybridized carbons (Fsp3) is 0.250. The van der Waals surface area contributed by atoms with E-state index in [2.05, 4.69) is 25.5 Å². The fourth-order valence-corrected chi connectivity index (χ4v) is 3.16. The van der Waals surface area contributed by atoms with Gasteiger partial charge in [0.15, 0.2) is 0 Å². The normalized spacial score (nSPS) is 13.8. The summed E-state index contributed by atoms with van der Waals surface area (Å²) in [5, 5.41) is 11.2. The third kappa shape index (κ3) is 2.92. The largest absolute Gasteiger partial charge is 0.339 e. The van der Waals surface area contributed by atoms with Crippen LogP contribution in [0.15, 0.2) is 41.3 Å². The van der Waals surface area contributed by atoms with E-state index in [1.807, 2.05) is 31.3 Å². The summed E-state index contributed by atoms with van der Waals surface area (Å²) in [6.07, 6.45) is 7.55. The highest BCUT2D eigenvalue weighted by Crippen LogP contribution is 2.38. The number of hydrogen-bond acceptors (Lipinski definition) is 6. The third-order valence-electron chi connectivity index (χ3n) is 4.94. The number of aromatic nitrogens is 5. The van der Waals surface area contributed by atoms with Crippen LogP contribution in [0.2, 0.25) is 0 Å². The molecule has 140 valence electrons. The van der Waals surface area contributed by atoms with Crippen LogP contribution in [0.1, 0.15) is 46.3 Å². The van der Waals surface area contributed by atoms with Crippen molar-refractivity contribution >= 4 is 17.1 Å². The highest BCUT2D eigenvalue weighted by atomic mass is 16.5. The van der Waals surface area contributed by atoms with Crippen LogP contribution < -0.4 is 5.32 Å². The first kappa shape index (κ1) is 16.6. The van der Waals surface area contributed by atoms with Gasteiger partial charge in [0, 0.05) is 24.1 Å². The summed E-state index contributed by atoms with van der Waals surface area (Å²) in [6.45, 7) is 3.67. The minimum atomic E-state index is -0.236. The molecule has 28 heavy (non-hydrogen) atoms. The zero-order valence-electron chi connectivity index (χ0n) is 15.5. The Bertz CT molecular complexity index is 1200. The molecule has 5 rings (SSSR count). The van der Waals surface area contributed by atoms with Crippen LogP contribution in [-0.2, 0) is 0 Å². The van der Waals surface area contributed by atoms with Crippen LogP contribution in [0.4, 0.5) is 5.69 Å². The van der Waals surface area contributed by atoms with Gasteiger partial charge in [0.05, 0.1) is 35.4 Å². The molecule has 8 heteroatoms. The van der Waals surface area contributed by atoms with Crippen molar-refractivity contribution in [2.45, 2.75) is 32.6 Å². The molecule has 1 amide bonds. The Morgan fingerprint density at radius 1 is 1.25 bits per heavy atom. The van der Waals surface area contributed by atoms with E-state index in [4.69, 9.17) is 4.52 Å². The minimum absolute atomic E-state index is 0.236. The van der Waals surface area contributed by atoms with Gasteiger partial charge in [-0.05, 0) is 31.4 Å². The van der Waals surface area contributed by atoms with Crippen LogP contribution >= 0.6 is 0 Å². The van der Waals surface area contributed by atoms with Crippen molar-refractivity contribution in [2.24, 2.45) is 0 Å². The lowest BCUT2D eigenvalue weighted by Crippen LogP contribution is -2.13. The van der Waals surface area contributed by atoms with E-state index < -0.39 is 0 Å². The highest BCUT2D eigenvalue weighted by molar-refractivity contribution is 6.09. The highest BCUT2D eigenvalue weighted by Gasteiger charge is 2.26. The SMILES string of the molecule is Cc1nc(-c2ccc(C)c(NC(=O)c3cnn4cc(C5CC5)ncc34)c2)no1. The summed E-state index contributed by atoms with van der Waals surface area (Å²) in [7, 11) is 0. The van der Waals surface area contributed by atoms with E-state index in [9.17, 15) is 4.79 Å². The molecule has 1 aliphatic carbocycles. The van der Waals surface area contributed by atoms with Crippen molar-refractivity contribution in [1.29, 1.82) is 0 Å². The molecule has 0 unspecified atom stereocenters. The molecule has 3 heterocycles.